The Morgan fingerprint density at radius 3 is 2.71 bits per heavy atom. The molecule has 0 aromatic carbocycles. The van der Waals surface area contributed by atoms with E-state index < -0.39 is 0 Å². The first-order valence-electron chi connectivity index (χ1n) is 12.1. The monoisotopic (exact) mass is 525 g/mol. The number of hydrogen-bond acceptors (Lipinski definition) is 6. The summed E-state index contributed by atoms with van der Waals surface area (Å²) in [5, 5.41) is 12.0. The van der Waals surface area contributed by atoms with Gasteiger partial charge in [0.1, 0.15) is 11.3 Å². The van der Waals surface area contributed by atoms with Crippen molar-refractivity contribution in [3.05, 3.63) is 66.3 Å². The van der Waals surface area contributed by atoms with E-state index in [1.165, 1.54) is 6.07 Å². The number of amides is 1. The zero-order valence-electron chi connectivity index (χ0n) is 21.0. The number of fused-ring (bicyclic) bond motifs is 2. The molecule has 6 aromatic heterocycles. The number of thiophene rings is 1. The third-order valence-electron chi connectivity index (χ3n) is 6.08. The zero-order valence-corrected chi connectivity index (χ0v) is 21.8. The number of carbonyl (C=O) groups is 1. The number of hydrogen-bond donors (Lipinski definition) is 3. The number of aromatic nitrogens is 6. The van der Waals surface area contributed by atoms with Crippen molar-refractivity contribution in [2.75, 3.05) is 5.32 Å². The Hall–Kier alpha value is -4.44. The minimum absolute atomic E-state index is 0.0611. The average molecular weight is 526 g/mol. The lowest BCUT2D eigenvalue weighted by Gasteiger charge is -2.17. The van der Waals surface area contributed by atoms with E-state index in [1.54, 1.807) is 30.9 Å². The number of carbonyl (C=O) groups excluding carboxylic acids is 1. The lowest BCUT2D eigenvalue weighted by molar-refractivity contribution is -0.117. The number of rotatable bonds is 5. The van der Waals surface area contributed by atoms with Crippen molar-refractivity contribution in [2.24, 2.45) is 5.41 Å². The minimum atomic E-state index is -0.230. The molecule has 6 aromatic rings. The van der Waals surface area contributed by atoms with E-state index in [1.807, 2.05) is 45.0 Å². The summed E-state index contributed by atoms with van der Waals surface area (Å²) < 4.78 is 13.7. The molecular formula is C28H24FN7OS. The molecule has 38 heavy (non-hydrogen) atoms. The van der Waals surface area contributed by atoms with Crippen LogP contribution in [0.25, 0.3) is 55.0 Å². The zero-order chi connectivity index (χ0) is 26.4. The van der Waals surface area contributed by atoms with Crippen molar-refractivity contribution < 1.29 is 9.18 Å². The highest BCUT2D eigenvalue weighted by molar-refractivity contribution is 7.14. The van der Waals surface area contributed by atoms with Crippen molar-refractivity contribution in [1.82, 2.24) is 30.1 Å². The number of nitrogens with zero attached hydrogens (tertiary/aromatic N) is 4. The Morgan fingerprint density at radius 1 is 1.05 bits per heavy atom. The predicted molar refractivity (Wildman–Crippen MR) is 148 cm³/mol. The molecule has 6 heterocycles. The molecule has 0 bridgehead atoms. The van der Waals surface area contributed by atoms with Crippen LogP contribution in [0, 0.1) is 10.5 Å². The minimum Gasteiger partial charge on any atom is -0.338 e. The molecule has 190 valence electrons. The Labute approximate surface area is 221 Å². The Kier molecular flexibility index (Phi) is 5.76. The quantitative estimate of drug-likeness (QED) is 0.229. The third kappa shape index (κ3) is 4.66. The first-order valence-corrected chi connectivity index (χ1v) is 12.9. The average Bonchev–Trinajstić information content (AvgIpc) is 3.60. The highest BCUT2D eigenvalue weighted by atomic mass is 32.1. The second kappa shape index (κ2) is 9.14. The second-order valence-corrected chi connectivity index (χ2v) is 11.4. The van der Waals surface area contributed by atoms with Gasteiger partial charge in [0, 0.05) is 45.6 Å². The predicted octanol–water partition coefficient (Wildman–Crippen LogP) is 6.81. The van der Waals surface area contributed by atoms with E-state index in [4.69, 9.17) is 0 Å². The fourth-order valence-electron chi connectivity index (χ4n) is 4.44. The lowest BCUT2D eigenvalue weighted by Crippen LogP contribution is -2.19. The van der Waals surface area contributed by atoms with Gasteiger partial charge in [-0.15, -0.1) is 11.3 Å². The van der Waals surface area contributed by atoms with Crippen LogP contribution in [-0.4, -0.2) is 36.0 Å². The van der Waals surface area contributed by atoms with Gasteiger partial charge in [-0.25, -0.2) is 4.98 Å². The van der Waals surface area contributed by atoms with Gasteiger partial charge in [0.05, 0.1) is 35.0 Å². The van der Waals surface area contributed by atoms with Crippen LogP contribution in [0.5, 0.6) is 0 Å². The first-order chi connectivity index (χ1) is 18.2. The van der Waals surface area contributed by atoms with E-state index in [0.29, 0.717) is 29.1 Å². The molecule has 0 saturated heterocycles. The first kappa shape index (κ1) is 23.9. The van der Waals surface area contributed by atoms with Crippen molar-refractivity contribution in [2.45, 2.75) is 27.2 Å². The molecule has 0 saturated carbocycles. The number of anilines is 1. The molecule has 0 unspecified atom stereocenters. The number of halogens is 1. The van der Waals surface area contributed by atoms with E-state index >= 15 is 0 Å². The molecule has 3 N–H and O–H groups in total. The summed E-state index contributed by atoms with van der Waals surface area (Å²) >= 11 is 1.10. The molecular weight excluding hydrogens is 501 g/mol. The van der Waals surface area contributed by atoms with Crippen LogP contribution in [0.1, 0.15) is 27.2 Å². The number of pyridine rings is 3. The van der Waals surface area contributed by atoms with Crippen LogP contribution in [-0.2, 0) is 4.79 Å². The maximum Gasteiger partial charge on any atom is 0.224 e. The summed E-state index contributed by atoms with van der Waals surface area (Å²) in [4.78, 5) is 30.0. The molecule has 6 rings (SSSR count). The summed E-state index contributed by atoms with van der Waals surface area (Å²) in [5.74, 6) is -0.0611. The molecule has 0 atom stereocenters. The van der Waals surface area contributed by atoms with Crippen molar-refractivity contribution in [3.63, 3.8) is 0 Å². The summed E-state index contributed by atoms with van der Waals surface area (Å²) in [7, 11) is 0. The van der Waals surface area contributed by atoms with Crippen LogP contribution in [0.15, 0.2) is 61.2 Å². The molecule has 8 nitrogen and oxygen atoms in total. The van der Waals surface area contributed by atoms with Crippen molar-refractivity contribution >= 4 is 44.9 Å². The second-order valence-electron chi connectivity index (χ2n) is 10.3. The van der Waals surface area contributed by atoms with Gasteiger partial charge in [0.25, 0.3) is 0 Å². The van der Waals surface area contributed by atoms with Gasteiger partial charge in [-0.1, -0.05) is 20.8 Å². The molecule has 1 amide bonds. The Balaban J connectivity index is 1.36. The SMILES string of the molecule is CC(C)(C)CC(=O)Nc1cncc(-c2cc3c(-c4cc5c(-c6ccc(F)s6)ccnc5[nH]4)n[nH]c3cn2)c1. The summed E-state index contributed by atoms with van der Waals surface area (Å²) in [6, 6.07) is 10.9. The molecule has 0 fully saturated rings. The van der Waals surface area contributed by atoms with Gasteiger partial charge < -0.3 is 10.3 Å². The molecule has 0 aliphatic heterocycles. The van der Waals surface area contributed by atoms with Gasteiger partial charge in [-0.2, -0.15) is 9.49 Å². The largest absolute Gasteiger partial charge is 0.338 e. The van der Waals surface area contributed by atoms with Crippen molar-refractivity contribution in [3.8, 4) is 33.1 Å². The van der Waals surface area contributed by atoms with Gasteiger partial charge in [-0.05, 0) is 41.8 Å². The summed E-state index contributed by atoms with van der Waals surface area (Å²) in [5.41, 5.74) is 5.84. The van der Waals surface area contributed by atoms with Crippen LogP contribution in [0.4, 0.5) is 10.1 Å². The van der Waals surface area contributed by atoms with E-state index in [-0.39, 0.29) is 16.5 Å². The molecule has 0 aliphatic rings. The third-order valence-corrected chi connectivity index (χ3v) is 6.99. The van der Waals surface area contributed by atoms with Crippen LogP contribution in [0.3, 0.4) is 0 Å². The number of nitrogens with one attached hydrogen (secondary N) is 3. The number of H-pyrrole nitrogens is 2. The van der Waals surface area contributed by atoms with Crippen LogP contribution in [0.2, 0.25) is 0 Å². The van der Waals surface area contributed by atoms with Gasteiger partial charge >= 0.3 is 0 Å². The molecule has 10 heteroatoms. The highest BCUT2D eigenvalue weighted by Crippen LogP contribution is 2.36. The van der Waals surface area contributed by atoms with Gasteiger partial charge in [0.2, 0.25) is 5.91 Å². The van der Waals surface area contributed by atoms with E-state index in [9.17, 15) is 9.18 Å². The Morgan fingerprint density at radius 2 is 1.92 bits per heavy atom. The fourth-order valence-corrected chi connectivity index (χ4v) is 5.21. The normalized spacial score (nSPS) is 11.9. The lowest BCUT2D eigenvalue weighted by atomic mass is 9.92. The molecule has 0 aliphatic carbocycles. The van der Waals surface area contributed by atoms with E-state index in [2.05, 4.69) is 35.5 Å². The maximum absolute atomic E-state index is 13.7. The highest BCUT2D eigenvalue weighted by Gasteiger charge is 2.18. The van der Waals surface area contributed by atoms with Crippen molar-refractivity contribution in [1.29, 1.82) is 0 Å². The molecule has 0 spiro atoms. The topological polar surface area (TPSA) is 112 Å². The van der Waals surface area contributed by atoms with Crippen LogP contribution >= 0.6 is 11.3 Å². The van der Waals surface area contributed by atoms with Crippen LogP contribution < -0.4 is 5.32 Å². The summed E-state index contributed by atoms with van der Waals surface area (Å²) in [6.07, 6.45) is 7.18. The standard InChI is InChI=1S/C28H24FN7OS/c1-28(2,3)11-25(37)33-16-8-15(12-30-13-16)20-10-19-22(14-32-20)35-36-26(19)21-9-18-17(6-7-31-27(18)34-21)23-4-5-24(29)38-23/h4-10,12-14H,11H2,1-3H3,(H,31,34)(H,33,37)(H,35,36). The summed E-state index contributed by atoms with van der Waals surface area (Å²) in [6.45, 7) is 6.07. The van der Waals surface area contributed by atoms with Gasteiger partial charge in [0.15, 0.2) is 5.13 Å². The maximum atomic E-state index is 13.7. The van der Waals surface area contributed by atoms with E-state index in [0.717, 1.165) is 49.3 Å². The number of aromatic amines is 2. The molecule has 0 radical (unpaired) electrons. The smallest absolute Gasteiger partial charge is 0.224 e. The Bertz CT molecular complexity index is 1810. The fraction of sp³-hybridized carbons (Fsp3) is 0.179. The van der Waals surface area contributed by atoms with Gasteiger partial charge in [-0.3, -0.25) is 19.9 Å².